The molecule has 1 aromatic heterocycles. The van der Waals surface area contributed by atoms with E-state index in [0.717, 1.165) is 6.07 Å². The number of aromatic nitrogens is 4. The van der Waals surface area contributed by atoms with Crippen LogP contribution < -0.4 is 5.32 Å². The molecule has 0 fully saturated rings. The van der Waals surface area contributed by atoms with E-state index in [9.17, 15) is 9.50 Å². The van der Waals surface area contributed by atoms with Crippen LogP contribution in [0, 0.1) is 17.1 Å². The van der Waals surface area contributed by atoms with Crippen molar-refractivity contribution >= 4 is 11.3 Å². The molecule has 0 saturated heterocycles. The van der Waals surface area contributed by atoms with Gasteiger partial charge in [0.25, 0.3) is 0 Å². The smallest absolute Gasteiger partial charge is 0.216 e. The van der Waals surface area contributed by atoms with Gasteiger partial charge in [0.05, 0.1) is 5.69 Å². The number of benzene rings is 1. The molecule has 0 radical (unpaired) electrons. The van der Waals surface area contributed by atoms with Crippen LogP contribution in [-0.2, 0) is 0 Å². The van der Waals surface area contributed by atoms with Crippen molar-refractivity contribution in [2.75, 3.05) is 5.32 Å². The van der Waals surface area contributed by atoms with Gasteiger partial charge in [-0.05, 0) is 17.3 Å². The molecule has 3 N–H and O–H groups in total. The van der Waals surface area contributed by atoms with Crippen LogP contribution in [0.5, 0.6) is 5.75 Å². The Morgan fingerprint density at radius 3 is 3.00 bits per heavy atom. The Morgan fingerprint density at radius 2 is 2.39 bits per heavy atom. The number of halogens is 1. The van der Waals surface area contributed by atoms with Crippen molar-refractivity contribution in [3.05, 3.63) is 36.0 Å². The zero-order chi connectivity index (χ0) is 13.0. The van der Waals surface area contributed by atoms with E-state index in [2.05, 4.69) is 25.9 Å². The van der Waals surface area contributed by atoms with E-state index in [-0.39, 0.29) is 22.8 Å². The number of hydrogen-bond acceptors (Lipinski definition) is 6. The van der Waals surface area contributed by atoms with Gasteiger partial charge in [-0.1, -0.05) is 0 Å². The molecule has 90 valence electrons. The molecule has 7 nitrogen and oxygen atoms in total. The van der Waals surface area contributed by atoms with Crippen LogP contribution in [0.4, 0.5) is 10.1 Å². The van der Waals surface area contributed by atoms with Crippen LogP contribution in [0.3, 0.4) is 0 Å². The number of H-pyrrole nitrogens is 1. The van der Waals surface area contributed by atoms with Crippen molar-refractivity contribution < 1.29 is 9.50 Å². The Labute approximate surface area is 101 Å². The van der Waals surface area contributed by atoms with Crippen molar-refractivity contribution in [3.63, 3.8) is 0 Å². The van der Waals surface area contributed by atoms with Crippen LogP contribution in [0.2, 0.25) is 0 Å². The lowest BCUT2D eigenvalue weighted by Gasteiger charge is -2.03. The van der Waals surface area contributed by atoms with Gasteiger partial charge in [0.15, 0.2) is 0 Å². The molecule has 0 spiro atoms. The van der Waals surface area contributed by atoms with Crippen molar-refractivity contribution in [3.8, 4) is 11.8 Å². The summed E-state index contributed by atoms with van der Waals surface area (Å²) in [6.45, 7) is 0. The third-order valence-electron chi connectivity index (χ3n) is 2.04. The maximum atomic E-state index is 12.7. The third kappa shape index (κ3) is 2.41. The minimum atomic E-state index is -0.555. The molecule has 2 rings (SSSR count). The lowest BCUT2D eigenvalue weighted by Crippen LogP contribution is -1.93. The maximum absolute atomic E-state index is 12.7. The first-order chi connectivity index (χ1) is 8.70. The van der Waals surface area contributed by atoms with E-state index in [4.69, 9.17) is 5.26 Å². The number of nitriles is 1. The summed E-state index contributed by atoms with van der Waals surface area (Å²) in [5, 5.41) is 33.8. The van der Waals surface area contributed by atoms with Crippen LogP contribution in [0.15, 0.2) is 24.4 Å². The number of aromatic hydroxyl groups is 1. The highest BCUT2D eigenvalue weighted by molar-refractivity contribution is 5.74. The maximum Gasteiger partial charge on any atom is 0.216 e. The molecule has 0 aliphatic rings. The number of hydrogen-bond donors (Lipinski definition) is 3. The van der Waals surface area contributed by atoms with Crippen molar-refractivity contribution in [2.24, 2.45) is 0 Å². The Hall–Kier alpha value is -2.95. The van der Waals surface area contributed by atoms with Gasteiger partial charge >= 0.3 is 0 Å². The van der Waals surface area contributed by atoms with E-state index in [1.165, 1.54) is 18.3 Å². The fourth-order valence-electron chi connectivity index (χ4n) is 1.20. The molecule has 1 aromatic carbocycles. The number of nitrogens with zero attached hydrogens (tertiary/aromatic N) is 4. The highest BCUT2D eigenvalue weighted by atomic mass is 19.1. The first-order valence-electron chi connectivity index (χ1n) is 4.80. The SMILES string of the molecule is N#CC(=CNc1ccc(F)cc1O)c1nn[nH]n1. The molecule has 0 amide bonds. The first kappa shape index (κ1) is 11.5. The highest BCUT2D eigenvalue weighted by Gasteiger charge is 2.06. The number of aromatic amines is 1. The van der Waals surface area contributed by atoms with Gasteiger partial charge in [0, 0.05) is 12.3 Å². The molecular weight excluding hydrogens is 239 g/mol. The summed E-state index contributed by atoms with van der Waals surface area (Å²) in [5.41, 5.74) is 0.375. The number of nitrogens with one attached hydrogen (secondary N) is 2. The number of phenols is 1. The summed E-state index contributed by atoms with van der Waals surface area (Å²) in [5.74, 6) is -0.705. The third-order valence-corrected chi connectivity index (χ3v) is 2.04. The number of tetrazole rings is 1. The van der Waals surface area contributed by atoms with E-state index >= 15 is 0 Å². The zero-order valence-electron chi connectivity index (χ0n) is 8.92. The molecule has 0 unspecified atom stereocenters. The first-order valence-corrected chi connectivity index (χ1v) is 4.80. The monoisotopic (exact) mass is 246 g/mol. The van der Waals surface area contributed by atoms with E-state index in [1.807, 2.05) is 6.07 Å². The predicted molar refractivity (Wildman–Crippen MR) is 59.5 cm³/mol. The Morgan fingerprint density at radius 1 is 1.56 bits per heavy atom. The summed E-state index contributed by atoms with van der Waals surface area (Å²) in [6, 6.07) is 5.33. The minimum Gasteiger partial charge on any atom is -0.506 e. The number of rotatable bonds is 3. The van der Waals surface area contributed by atoms with Crippen molar-refractivity contribution in [1.82, 2.24) is 20.6 Å². The largest absolute Gasteiger partial charge is 0.506 e. The second kappa shape index (κ2) is 4.92. The molecule has 8 heteroatoms. The van der Waals surface area contributed by atoms with Crippen LogP contribution in [0.25, 0.3) is 5.57 Å². The lowest BCUT2D eigenvalue weighted by molar-refractivity contribution is 0.471. The number of phenolic OH excluding ortho intramolecular Hbond substituents is 1. The van der Waals surface area contributed by atoms with Crippen LogP contribution >= 0.6 is 0 Å². The highest BCUT2D eigenvalue weighted by Crippen LogP contribution is 2.24. The average molecular weight is 246 g/mol. The molecule has 18 heavy (non-hydrogen) atoms. The molecular formula is C10H7FN6O. The molecule has 1 heterocycles. The fraction of sp³-hybridized carbons (Fsp3) is 0. The van der Waals surface area contributed by atoms with Crippen LogP contribution in [0.1, 0.15) is 5.82 Å². The molecule has 0 saturated carbocycles. The zero-order valence-corrected chi connectivity index (χ0v) is 8.92. The van der Waals surface area contributed by atoms with Gasteiger partial charge < -0.3 is 10.4 Å². The lowest BCUT2D eigenvalue weighted by atomic mass is 10.2. The van der Waals surface area contributed by atoms with Gasteiger partial charge in [-0.2, -0.15) is 10.5 Å². The van der Waals surface area contributed by atoms with E-state index < -0.39 is 5.82 Å². The summed E-state index contributed by atoms with van der Waals surface area (Å²) < 4.78 is 12.7. The van der Waals surface area contributed by atoms with Gasteiger partial charge in [0.2, 0.25) is 5.82 Å². The van der Waals surface area contributed by atoms with Gasteiger partial charge in [0.1, 0.15) is 23.2 Å². The summed E-state index contributed by atoms with van der Waals surface area (Å²) in [4.78, 5) is 0. The molecule has 0 atom stereocenters. The van der Waals surface area contributed by atoms with Gasteiger partial charge in [-0.25, -0.2) is 4.39 Å². The van der Waals surface area contributed by atoms with E-state index in [1.54, 1.807) is 0 Å². The standard InChI is InChI=1S/C10H7FN6O/c11-7-1-2-8(9(18)3-7)13-5-6(4-12)10-14-16-17-15-10/h1-3,5,13,18H,(H,14,15,16,17). The predicted octanol–water partition coefficient (Wildman–Crippen LogP) is 1.02. The Bertz CT molecular complexity index is 616. The molecule has 0 aliphatic heterocycles. The Balaban J connectivity index is 2.22. The fourth-order valence-corrected chi connectivity index (χ4v) is 1.20. The Kier molecular flexibility index (Phi) is 3.15. The van der Waals surface area contributed by atoms with Crippen LogP contribution in [-0.4, -0.2) is 25.7 Å². The van der Waals surface area contributed by atoms with Crippen molar-refractivity contribution in [1.29, 1.82) is 5.26 Å². The van der Waals surface area contributed by atoms with Gasteiger partial charge in [-0.15, -0.1) is 10.2 Å². The second-order valence-electron chi connectivity index (χ2n) is 3.21. The molecule has 0 bridgehead atoms. The minimum absolute atomic E-state index is 0.117. The van der Waals surface area contributed by atoms with Crippen molar-refractivity contribution in [2.45, 2.75) is 0 Å². The van der Waals surface area contributed by atoms with E-state index in [0.29, 0.717) is 0 Å². The summed E-state index contributed by atoms with van der Waals surface area (Å²) >= 11 is 0. The normalized spacial score (nSPS) is 11.0. The quantitative estimate of drug-likeness (QED) is 0.550. The summed E-state index contributed by atoms with van der Waals surface area (Å²) in [6.07, 6.45) is 1.29. The van der Waals surface area contributed by atoms with Gasteiger partial charge in [-0.3, -0.25) is 0 Å². The molecule has 2 aromatic rings. The number of allylic oxidation sites excluding steroid dienone is 1. The summed E-state index contributed by atoms with van der Waals surface area (Å²) in [7, 11) is 0. The number of anilines is 1. The second-order valence-corrected chi connectivity index (χ2v) is 3.21. The average Bonchev–Trinajstić information content (AvgIpc) is 2.86. The molecule has 0 aliphatic carbocycles. The topological polar surface area (TPSA) is 111 Å².